The molecule has 0 radical (unpaired) electrons. The fourth-order valence-corrected chi connectivity index (χ4v) is 3.17. The van der Waals surface area contributed by atoms with Gasteiger partial charge < -0.3 is 0 Å². The van der Waals surface area contributed by atoms with Crippen molar-refractivity contribution >= 4 is 33.4 Å². The van der Waals surface area contributed by atoms with Crippen LogP contribution in [-0.2, 0) is 16.6 Å². The Morgan fingerprint density at radius 3 is 1.71 bits per heavy atom. The third kappa shape index (κ3) is 3.25. The standard InChI is InChI=1S/C13H6F5IOS/c14-8-9(15)11(17)13(12(18)10(8)16)21(20)5-6-1-3-7(19)4-2-6/h1-4H,5H2. The zero-order valence-electron chi connectivity index (χ0n) is 10.1. The third-order valence-corrected chi connectivity index (χ3v) is 4.74. The minimum absolute atomic E-state index is 0.352. The molecule has 112 valence electrons. The highest BCUT2D eigenvalue weighted by atomic mass is 127. The summed E-state index contributed by atoms with van der Waals surface area (Å²) < 4.78 is 78.8. The molecule has 21 heavy (non-hydrogen) atoms. The molecule has 0 saturated carbocycles. The van der Waals surface area contributed by atoms with E-state index in [1.165, 1.54) is 0 Å². The van der Waals surface area contributed by atoms with Crippen LogP contribution >= 0.6 is 22.6 Å². The lowest BCUT2D eigenvalue weighted by molar-refractivity contribution is 0.359. The molecule has 0 aliphatic carbocycles. The van der Waals surface area contributed by atoms with Gasteiger partial charge in [0.1, 0.15) is 4.90 Å². The number of hydrogen-bond donors (Lipinski definition) is 0. The van der Waals surface area contributed by atoms with E-state index in [-0.39, 0.29) is 5.75 Å². The summed E-state index contributed by atoms with van der Waals surface area (Å²) in [4.78, 5) is -1.30. The molecule has 8 heteroatoms. The monoisotopic (exact) mass is 432 g/mol. The Labute approximate surface area is 132 Å². The Bertz CT molecular complexity index is 688. The second-order valence-corrected chi connectivity index (χ2v) is 6.65. The minimum atomic E-state index is -2.39. The lowest BCUT2D eigenvalue weighted by Gasteiger charge is -2.08. The molecule has 0 aliphatic rings. The lowest BCUT2D eigenvalue weighted by Crippen LogP contribution is -2.10. The van der Waals surface area contributed by atoms with Crippen LogP contribution in [0.3, 0.4) is 0 Å². The molecule has 0 spiro atoms. The van der Waals surface area contributed by atoms with Crippen LogP contribution in [0, 0.1) is 32.7 Å². The third-order valence-electron chi connectivity index (χ3n) is 2.61. The van der Waals surface area contributed by atoms with Gasteiger partial charge in [-0.2, -0.15) is 0 Å². The van der Waals surface area contributed by atoms with Gasteiger partial charge in [-0.15, -0.1) is 0 Å². The number of rotatable bonds is 3. The van der Waals surface area contributed by atoms with E-state index in [0.717, 1.165) is 3.57 Å². The average Bonchev–Trinajstić information content (AvgIpc) is 2.46. The maximum atomic E-state index is 13.5. The Kier molecular flexibility index (Phi) is 4.97. The SMILES string of the molecule is O=S(Cc1ccc(I)cc1)c1c(F)c(F)c(F)c(F)c1F. The van der Waals surface area contributed by atoms with Gasteiger partial charge in [0.25, 0.3) is 0 Å². The second kappa shape index (κ2) is 6.39. The molecule has 0 amide bonds. The molecule has 0 fully saturated rings. The van der Waals surface area contributed by atoms with Crippen LogP contribution in [0.2, 0.25) is 0 Å². The van der Waals surface area contributed by atoms with Crippen molar-refractivity contribution in [2.75, 3.05) is 0 Å². The van der Waals surface area contributed by atoms with Gasteiger partial charge in [0, 0.05) is 3.57 Å². The molecule has 2 aromatic rings. The van der Waals surface area contributed by atoms with Gasteiger partial charge in [0.2, 0.25) is 5.82 Å². The smallest absolute Gasteiger partial charge is 0.200 e. The number of hydrogen-bond acceptors (Lipinski definition) is 1. The van der Waals surface area contributed by atoms with E-state index in [4.69, 9.17) is 0 Å². The lowest BCUT2D eigenvalue weighted by atomic mass is 10.2. The zero-order chi connectivity index (χ0) is 15.7. The molecular formula is C13H6F5IOS. The first kappa shape index (κ1) is 16.3. The van der Waals surface area contributed by atoms with Crippen LogP contribution in [0.1, 0.15) is 5.56 Å². The summed E-state index contributed by atoms with van der Waals surface area (Å²) in [6.07, 6.45) is 0. The fraction of sp³-hybridized carbons (Fsp3) is 0.0769. The van der Waals surface area contributed by atoms with E-state index >= 15 is 0 Å². The molecule has 0 bridgehead atoms. The van der Waals surface area contributed by atoms with Gasteiger partial charge in [-0.3, -0.25) is 4.21 Å². The van der Waals surface area contributed by atoms with Gasteiger partial charge in [-0.05, 0) is 40.3 Å². The molecule has 1 nitrogen and oxygen atoms in total. The van der Waals surface area contributed by atoms with E-state index < -0.39 is 44.8 Å². The van der Waals surface area contributed by atoms with Crippen LogP contribution in [0.25, 0.3) is 0 Å². The Hall–Kier alpha value is -1.03. The molecule has 2 aromatic carbocycles. The van der Waals surface area contributed by atoms with E-state index in [2.05, 4.69) is 0 Å². The Balaban J connectivity index is 2.42. The topological polar surface area (TPSA) is 17.1 Å². The molecule has 2 rings (SSSR count). The summed E-state index contributed by atoms with van der Waals surface area (Å²) in [7, 11) is -2.39. The first-order chi connectivity index (χ1) is 9.82. The van der Waals surface area contributed by atoms with E-state index in [1.54, 1.807) is 24.3 Å². The van der Waals surface area contributed by atoms with Crippen LogP contribution < -0.4 is 0 Å². The molecule has 0 aromatic heterocycles. The van der Waals surface area contributed by atoms with Gasteiger partial charge in [-0.25, -0.2) is 22.0 Å². The molecule has 1 unspecified atom stereocenters. The van der Waals surface area contributed by atoms with Crippen LogP contribution in [0.5, 0.6) is 0 Å². The fourth-order valence-electron chi connectivity index (χ4n) is 1.59. The molecule has 0 saturated heterocycles. The summed E-state index contributed by atoms with van der Waals surface area (Å²) >= 11 is 2.03. The van der Waals surface area contributed by atoms with Crippen molar-refractivity contribution in [3.8, 4) is 0 Å². The van der Waals surface area contributed by atoms with Crippen LogP contribution in [0.15, 0.2) is 29.2 Å². The summed E-state index contributed by atoms with van der Waals surface area (Å²) in [6.45, 7) is 0. The average molecular weight is 432 g/mol. The Morgan fingerprint density at radius 1 is 0.810 bits per heavy atom. The minimum Gasteiger partial charge on any atom is -0.254 e. The van der Waals surface area contributed by atoms with Gasteiger partial charge in [0.15, 0.2) is 23.3 Å². The maximum absolute atomic E-state index is 13.5. The van der Waals surface area contributed by atoms with Gasteiger partial charge in [0.05, 0.1) is 16.6 Å². The Morgan fingerprint density at radius 2 is 1.24 bits per heavy atom. The summed E-state index contributed by atoms with van der Waals surface area (Å²) in [5.41, 5.74) is 0.456. The van der Waals surface area contributed by atoms with Crippen molar-refractivity contribution in [2.45, 2.75) is 10.6 Å². The predicted molar refractivity (Wildman–Crippen MR) is 75.5 cm³/mol. The molecule has 0 aliphatic heterocycles. The van der Waals surface area contributed by atoms with E-state index in [0.29, 0.717) is 5.56 Å². The molecule has 0 heterocycles. The van der Waals surface area contributed by atoms with Crippen molar-refractivity contribution in [2.24, 2.45) is 0 Å². The zero-order valence-corrected chi connectivity index (χ0v) is 13.1. The summed E-state index contributed by atoms with van der Waals surface area (Å²) in [6, 6.07) is 6.47. The first-order valence-electron chi connectivity index (χ1n) is 5.47. The van der Waals surface area contributed by atoms with E-state index in [9.17, 15) is 26.2 Å². The van der Waals surface area contributed by atoms with Crippen molar-refractivity contribution in [1.82, 2.24) is 0 Å². The van der Waals surface area contributed by atoms with Crippen LogP contribution in [-0.4, -0.2) is 4.21 Å². The number of halogens is 6. The second-order valence-electron chi connectivity index (χ2n) is 4.02. The maximum Gasteiger partial charge on any atom is 0.200 e. The first-order valence-corrected chi connectivity index (χ1v) is 7.87. The summed E-state index contributed by atoms with van der Waals surface area (Å²) in [5.74, 6) is -10.9. The van der Waals surface area contributed by atoms with Crippen molar-refractivity contribution < 1.29 is 26.2 Å². The van der Waals surface area contributed by atoms with Crippen molar-refractivity contribution in [1.29, 1.82) is 0 Å². The predicted octanol–water partition coefficient (Wildman–Crippen LogP) is 4.29. The molecule has 0 N–H and O–H groups in total. The quantitative estimate of drug-likeness (QED) is 0.306. The van der Waals surface area contributed by atoms with E-state index in [1.807, 2.05) is 22.6 Å². The van der Waals surface area contributed by atoms with Crippen LogP contribution in [0.4, 0.5) is 22.0 Å². The van der Waals surface area contributed by atoms with Crippen molar-refractivity contribution in [3.63, 3.8) is 0 Å². The highest BCUT2D eigenvalue weighted by molar-refractivity contribution is 14.1. The molecule has 1 atom stereocenters. The molecular weight excluding hydrogens is 426 g/mol. The summed E-state index contributed by atoms with van der Waals surface area (Å²) in [5, 5.41) is 0. The largest absolute Gasteiger partial charge is 0.254 e. The highest BCUT2D eigenvalue weighted by Gasteiger charge is 2.28. The highest BCUT2D eigenvalue weighted by Crippen LogP contribution is 2.27. The number of benzene rings is 2. The van der Waals surface area contributed by atoms with Gasteiger partial charge in [-0.1, -0.05) is 12.1 Å². The van der Waals surface area contributed by atoms with Crippen molar-refractivity contribution in [3.05, 3.63) is 62.5 Å². The van der Waals surface area contributed by atoms with Gasteiger partial charge >= 0.3 is 0 Å². The normalized spacial score (nSPS) is 12.5.